The fraction of sp³-hybridized carbons (Fsp3) is 0.600. The lowest BCUT2D eigenvalue weighted by atomic mass is 10.2. The number of rotatable bonds is 7. The van der Waals surface area contributed by atoms with Gasteiger partial charge in [0.1, 0.15) is 0 Å². The number of halogens is 1. The van der Waals surface area contributed by atoms with E-state index < -0.39 is 10.0 Å². The van der Waals surface area contributed by atoms with Crippen LogP contribution >= 0.6 is 11.6 Å². The fourth-order valence-corrected chi connectivity index (χ4v) is 3.57. The van der Waals surface area contributed by atoms with Crippen LogP contribution in [-0.2, 0) is 16.6 Å². The van der Waals surface area contributed by atoms with Gasteiger partial charge in [0, 0.05) is 24.2 Å². The Bertz CT molecular complexity index is 602. The molecule has 2 N–H and O–H groups in total. The fourth-order valence-electron chi connectivity index (χ4n) is 2.14. The van der Waals surface area contributed by atoms with Gasteiger partial charge in [-0.2, -0.15) is 0 Å². The van der Waals surface area contributed by atoms with Gasteiger partial charge in [0.15, 0.2) is 0 Å². The van der Waals surface area contributed by atoms with Crippen LogP contribution in [0.2, 0.25) is 5.02 Å². The van der Waals surface area contributed by atoms with E-state index in [2.05, 4.69) is 30.8 Å². The summed E-state index contributed by atoms with van der Waals surface area (Å²) in [5.41, 5.74) is 0.903. The molecule has 0 aromatic heterocycles. The van der Waals surface area contributed by atoms with Crippen molar-refractivity contribution in [2.45, 2.75) is 44.7 Å². The molecule has 6 heteroatoms. The van der Waals surface area contributed by atoms with Gasteiger partial charge in [-0.05, 0) is 36.0 Å². The molecule has 0 heterocycles. The van der Waals surface area contributed by atoms with Crippen molar-refractivity contribution in [1.82, 2.24) is 10.0 Å². The average Bonchev–Trinajstić information content (AvgIpc) is 3.11. The molecule has 0 spiro atoms. The summed E-state index contributed by atoms with van der Waals surface area (Å²) in [6, 6.07) is 5.26. The molecule has 2 rings (SSSR count). The summed E-state index contributed by atoms with van der Waals surface area (Å²) < 4.78 is 27.1. The van der Waals surface area contributed by atoms with Crippen LogP contribution in [0.25, 0.3) is 0 Å². The molecule has 0 bridgehead atoms. The van der Waals surface area contributed by atoms with Crippen LogP contribution in [0, 0.1) is 11.8 Å². The van der Waals surface area contributed by atoms with E-state index in [1.54, 1.807) is 12.1 Å². The Morgan fingerprint density at radius 1 is 1.38 bits per heavy atom. The molecule has 1 aliphatic rings. The average molecular weight is 331 g/mol. The van der Waals surface area contributed by atoms with Crippen LogP contribution in [0.5, 0.6) is 0 Å². The minimum Gasteiger partial charge on any atom is -0.310 e. The van der Waals surface area contributed by atoms with Crippen molar-refractivity contribution in [2.75, 3.05) is 6.54 Å². The Morgan fingerprint density at radius 2 is 2.05 bits per heavy atom. The van der Waals surface area contributed by atoms with Gasteiger partial charge in [0.25, 0.3) is 0 Å². The monoisotopic (exact) mass is 330 g/mol. The third-order valence-corrected chi connectivity index (χ3v) is 5.62. The molecule has 4 nitrogen and oxygen atoms in total. The zero-order valence-corrected chi connectivity index (χ0v) is 14.3. The van der Waals surface area contributed by atoms with Gasteiger partial charge in [-0.3, -0.25) is 0 Å². The van der Waals surface area contributed by atoms with Gasteiger partial charge >= 0.3 is 0 Å². The molecule has 1 fully saturated rings. The molecule has 0 amide bonds. The third kappa shape index (κ3) is 4.68. The van der Waals surface area contributed by atoms with E-state index in [-0.39, 0.29) is 4.90 Å². The largest absolute Gasteiger partial charge is 0.310 e. The maximum absolute atomic E-state index is 12.2. The molecular formula is C15H23ClN2O2S. The second-order valence-electron chi connectivity index (χ2n) is 6.11. The predicted octanol–water partition coefficient (Wildman–Crippen LogP) is 2.77. The Hall–Kier alpha value is -0.620. The van der Waals surface area contributed by atoms with Crippen molar-refractivity contribution in [1.29, 1.82) is 0 Å². The van der Waals surface area contributed by atoms with Crippen molar-refractivity contribution in [3.63, 3.8) is 0 Å². The van der Waals surface area contributed by atoms with Gasteiger partial charge in [0.05, 0.1) is 4.90 Å². The van der Waals surface area contributed by atoms with Crippen LogP contribution in [-0.4, -0.2) is 21.0 Å². The number of sulfonamides is 1. The summed E-state index contributed by atoms with van der Waals surface area (Å²) in [5.74, 6) is 1.10. The van der Waals surface area contributed by atoms with Gasteiger partial charge in [0.2, 0.25) is 10.0 Å². The number of hydrogen-bond donors (Lipinski definition) is 2. The van der Waals surface area contributed by atoms with Crippen LogP contribution in [0.15, 0.2) is 23.1 Å². The van der Waals surface area contributed by atoms with E-state index in [0.29, 0.717) is 36.0 Å². The molecule has 1 aromatic carbocycles. The van der Waals surface area contributed by atoms with E-state index in [9.17, 15) is 8.42 Å². The maximum Gasteiger partial charge on any atom is 0.240 e. The van der Waals surface area contributed by atoms with Gasteiger partial charge in [-0.25, -0.2) is 13.1 Å². The zero-order valence-electron chi connectivity index (χ0n) is 12.7. The molecular weight excluding hydrogens is 308 g/mol. The van der Waals surface area contributed by atoms with Crippen LogP contribution in [0.3, 0.4) is 0 Å². The standard InChI is InChI=1S/C15H23ClN2O2S/c1-10(2)17-8-12-4-5-14(7-15(12)16)21(19,20)18-9-13-6-11(13)3/h4-5,7,10-11,13,17-18H,6,8-9H2,1-3H3. The minimum absolute atomic E-state index is 0.231. The number of nitrogens with one attached hydrogen (secondary N) is 2. The highest BCUT2D eigenvalue weighted by molar-refractivity contribution is 7.89. The Balaban J connectivity index is 2.03. The predicted molar refractivity (Wildman–Crippen MR) is 85.9 cm³/mol. The molecule has 2 unspecified atom stereocenters. The van der Waals surface area contributed by atoms with Crippen LogP contribution < -0.4 is 10.0 Å². The first-order chi connectivity index (χ1) is 9.79. The SMILES string of the molecule is CC(C)NCc1ccc(S(=O)(=O)NCC2CC2C)cc1Cl. The number of hydrogen-bond acceptors (Lipinski definition) is 3. The first-order valence-corrected chi connectivity index (χ1v) is 9.17. The smallest absolute Gasteiger partial charge is 0.240 e. The second-order valence-corrected chi connectivity index (χ2v) is 8.29. The minimum atomic E-state index is -3.46. The van der Waals surface area contributed by atoms with E-state index >= 15 is 0 Å². The molecule has 21 heavy (non-hydrogen) atoms. The molecule has 0 saturated heterocycles. The van der Waals surface area contributed by atoms with Crippen LogP contribution in [0.1, 0.15) is 32.8 Å². The molecule has 1 aromatic rings. The van der Waals surface area contributed by atoms with E-state index in [1.165, 1.54) is 6.07 Å². The zero-order chi connectivity index (χ0) is 15.6. The van der Waals surface area contributed by atoms with Crippen molar-refractivity contribution in [3.05, 3.63) is 28.8 Å². The first kappa shape index (κ1) is 16.7. The quantitative estimate of drug-likeness (QED) is 0.808. The molecule has 0 radical (unpaired) electrons. The third-order valence-electron chi connectivity index (χ3n) is 3.85. The van der Waals surface area contributed by atoms with Gasteiger partial charge < -0.3 is 5.32 Å². The number of benzene rings is 1. The summed E-state index contributed by atoms with van der Waals surface area (Å²) in [6.07, 6.45) is 1.10. The van der Waals surface area contributed by atoms with Crippen LogP contribution in [0.4, 0.5) is 0 Å². The lowest BCUT2D eigenvalue weighted by Crippen LogP contribution is -2.26. The molecule has 118 valence electrons. The van der Waals surface area contributed by atoms with Crippen molar-refractivity contribution < 1.29 is 8.42 Å². The highest BCUT2D eigenvalue weighted by atomic mass is 35.5. The van der Waals surface area contributed by atoms with Gasteiger partial charge in [-0.1, -0.05) is 38.4 Å². The van der Waals surface area contributed by atoms with Crippen molar-refractivity contribution in [3.8, 4) is 0 Å². The lowest BCUT2D eigenvalue weighted by Gasteiger charge is -2.11. The summed E-state index contributed by atoms with van der Waals surface area (Å²) in [4.78, 5) is 0.231. The normalized spacial score (nSPS) is 21.8. The van der Waals surface area contributed by atoms with Gasteiger partial charge in [-0.15, -0.1) is 0 Å². The highest BCUT2D eigenvalue weighted by Crippen LogP contribution is 2.37. The second kappa shape index (κ2) is 6.65. The Kier molecular flexibility index (Phi) is 5.30. The summed E-state index contributed by atoms with van der Waals surface area (Å²) in [6.45, 7) is 7.37. The molecule has 0 aliphatic heterocycles. The topological polar surface area (TPSA) is 58.2 Å². The maximum atomic E-state index is 12.2. The van der Waals surface area contributed by atoms with Crippen molar-refractivity contribution >= 4 is 21.6 Å². The highest BCUT2D eigenvalue weighted by Gasteiger charge is 2.33. The first-order valence-electron chi connectivity index (χ1n) is 7.31. The Morgan fingerprint density at radius 3 is 2.57 bits per heavy atom. The molecule has 1 saturated carbocycles. The summed E-state index contributed by atoms with van der Waals surface area (Å²) in [5, 5.41) is 3.74. The van der Waals surface area contributed by atoms with Crippen molar-refractivity contribution in [2.24, 2.45) is 11.8 Å². The van der Waals surface area contributed by atoms with E-state index in [0.717, 1.165) is 12.0 Å². The summed E-state index contributed by atoms with van der Waals surface area (Å²) in [7, 11) is -3.46. The Labute approximate surface area is 132 Å². The molecule has 2 atom stereocenters. The lowest BCUT2D eigenvalue weighted by molar-refractivity contribution is 0.574. The summed E-state index contributed by atoms with van der Waals surface area (Å²) >= 11 is 6.18. The van der Waals surface area contributed by atoms with E-state index in [1.807, 2.05) is 0 Å². The molecule has 1 aliphatic carbocycles. The van der Waals surface area contributed by atoms with E-state index in [4.69, 9.17) is 11.6 Å².